The Labute approximate surface area is 74.4 Å². The van der Waals surface area contributed by atoms with E-state index in [0.717, 1.165) is 0 Å². The van der Waals surface area contributed by atoms with E-state index in [1.54, 1.807) is 6.92 Å². The van der Waals surface area contributed by atoms with E-state index >= 15 is 0 Å². The lowest BCUT2D eigenvalue weighted by Crippen LogP contribution is -2.38. The minimum Gasteiger partial charge on any atom is -0.479 e. The number of ether oxygens (including phenoxy) is 3. The van der Waals surface area contributed by atoms with Gasteiger partial charge in [0.15, 0.2) is 12.2 Å². The van der Waals surface area contributed by atoms with Crippen LogP contribution in [0.25, 0.3) is 0 Å². The average molecular weight is 190 g/mol. The molecule has 2 unspecified atom stereocenters. The molecule has 1 heterocycles. The maximum Gasteiger partial charge on any atom is 0.338 e. The fraction of sp³-hybridized carbons (Fsp3) is 0.714. The number of rotatable bonds is 3. The first-order chi connectivity index (χ1) is 6.16. The van der Waals surface area contributed by atoms with Gasteiger partial charge in [-0.15, -0.1) is 0 Å². The number of carboxylic acid groups (broad SMARTS) is 1. The number of carbonyl (C=O) groups is 2. The second-order valence-electron chi connectivity index (χ2n) is 2.38. The van der Waals surface area contributed by atoms with Gasteiger partial charge in [0.2, 0.25) is 0 Å². The van der Waals surface area contributed by atoms with Gasteiger partial charge in [0.1, 0.15) is 6.79 Å². The van der Waals surface area contributed by atoms with E-state index in [1.165, 1.54) is 0 Å². The molecule has 13 heavy (non-hydrogen) atoms. The van der Waals surface area contributed by atoms with Crippen molar-refractivity contribution in [2.45, 2.75) is 19.1 Å². The molecule has 0 saturated carbocycles. The fourth-order valence-electron chi connectivity index (χ4n) is 0.977. The molecule has 0 aromatic rings. The normalized spacial score (nSPS) is 27.2. The van der Waals surface area contributed by atoms with Crippen LogP contribution in [0, 0.1) is 0 Å². The molecule has 1 rings (SSSR count). The fourth-order valence-corrected chi connectivity index (χ4v) is 0.977. The molecule has 0 aliphatic carbocycles. The molecule has 6 nitrogen and oxygen atoms in total. The number of hydrogen-bond acceptors (Lipinski definition) is 5. The number of carbonyl (C=O) groups excluding carboxylic acids is 1. The highest BCUT2D eigenvalue weighted by Gasteiger charge is 2.41. The van der Waals surface area contributed by atoms with Crippen LogP contribution < -0.4 is 0 Å². The van der Waals surface area contributed by atoms with Crippen molar-refractivity contribution in [1.29, 1.82) is 0 Å². The number of hydrogen-bond donors (Lipinski definition) is 1. The van der Waals surface area contributed by atoms with Crippen molar-refractivity contribution in [3.63, 3.8) is 0 Å². The Bertz CT molecular complexity index is 213. The van der Waals surface area contributed by atoms with Crippen LogP contribution in [0.3, 0.4) is 0 Å². The third-order valence-corrected chi connectivity index (χ3v) is 1.53. The van der Waals surface area contributed by atoms with E-state index in [2.05, 4.69) is 9.47 Å². The predicted octanol–water partition coefficient (Wildman–Crippen LogP) is -0.624. The van der Waals surface area contributed by atoms with Gasteiger partial charge in [0.25, 0.3) is 0 Å². The van der Waals surface area contributed by atoms with Gasteiger partial charge >= 0.3 is 11.9 Å². The molecule has 1 fully saturated rings. The lowest BCUT2D eigenvalue weighted by molar-refractivity contribution is -0.160. The lowest BCUT2D eigenvalue weighted by Gasteiger charge is -2.10. The van der Waals surface area contributed by atoms with Crippen LogP contribution in [0.4, 0.5) is 0 Å². The molecular formula is C7H10O6. The largest absolute Gasteiger partial charge is 0.479 e. The first-order valence-corrected chi connectivity index (χ1v) is 3.79. The Morgan fingerprint density at radius 3 is 2.62 bits per heavy atom. The Balaban J connectivity index is 2.57. The van der Waals surface area contributed by atoms with Crippen LogP contribution in [0.2, 0.25) is 0 Å². The Morgan fingerprint density at radius 2 is 2.08 bits per heavy atom. The zero-order valence-corrected chi connectivity index (χ0v) is 7.06. The lowest BCUT2D eigenvalue weighted by atomic mass is 10.2. The van der Waals surface area contributed by atoms with Gasteiger partial charge in [-0.25, -0.2) is 9.59 Å². The number of aliphatic carboxylic acids is 1. The SMILES string of the molecule is CCOC(=O)C1OCOC1C(=O)O. The first kappa shape index (κ1) is 9.94. The van der Waals surface area contributed by atoms with Gasteiger partial charge in [0.05, 0.1) is 6.61 Å². The van der Waals surface area contributed by atoms with Crippen LogP contribution in [0.1, 0.15) is 6.92 Å². The topological polar surface area (TPSA) is 82.1 Å². The summed E-state index contributed by atoms with van der Waals surface area (Å²) in [6.07, 6.45) is -2.39. The van der Waals surface area contributed by atoms with E-state index in [4.69, 9.17) is 9.84 Å². The minimum absolute atomic E-state index is 0.186. The van der Waals surface area contributed by atoms with Crippen LogP contribution in [-0.4, -0.2) is 42.7 Å². The highest BCUT2D eigenvalue weighted by Crippen LogP contribution is 2.14. The molecule has 1 N–H and O–H groups in total. The van der Waals surface area contributed by atoms with E-state index in [1.807, 2.05) is 0 Å². The van der Waals surface area contributed by atoms with Crippen molar-refractivity contribution < 1.29 is 28.9 Å². The number of carboxylic acids is 1. The second kappa shape index (κ2) is 4.20. The van der Waals surface area contributed by atoms with Crippen LogP contribution in [0.15, 0.2) is 0 Å². The predicted molar refractivity (Wildman–Crippen MR) is 38.9 cm³/mol. The van der Waals surface area contributed by atoms with E-state index in [-0.39, 0.29) is 13.4 Å². The molecule has 6 heteroatoms. The van der Waals surface area contributed by atoms with Gasteiger partial charge in [-0.2, -0.15) is 0 Å². The average Bonchev–Trinajstić information content (AvgIpc) is 2.52. The quantitative estimate of drug-likeness (QED) is 0.597. The summed E-state index contributed by atoms with van der Waals surface area (Å²) in [4.78, 5) is 21.6. The van der Waals surface area contributed by atoms with Crippen molar-refractivity contribution in [2.24, 2.45) is 0 Å². The summed E-state index contributed by atoms with van der Waals surface area (Å²) >= 11 is 0. The molecule has 74 valence electrons. The summed E-state index contributed by atoms with van der Waals surface area (Å²) in [5.41, 5.74) is 0. The van der Waals surface area contributed by atoms with E-state index in [9.17, 15) is 9.59 Å². The highest BCUT2D eigenvalue weighted by atomic mass is 16.7. The summed E-state index contributed by atoms with van der Waals surface area (Å²) in [5, 5.41) is 8.59. The Hall–Kier alpha value is -1.14. The molecule has 0 bridgehead atoms. The van der Waals surface area contributed by atoms with Crippen molar-refractivity contribution in [1.82, 2.24) is 0 Å². The zero-order valence-electron chi connectivity index (χ0n) is 7.06. The third kappa shape index (κ3) is 2.16. The molecule has 0 spiro atoms. The van der Waals surface area contributed by atoms with Crippen molar-refractivity contribution >= 4 is 11.9 Å². The van der Waals surface area contributed by atoms with Gasteiger partial charge in [-0.1, -0.05) is 0 Å². The molecular weight excluding hydrogens is 180 g/mol. The zero-order chi connectivity index (χ0) is 9.84. The summed E-state index contributed by atoms with van der Waals surface area (Å²) in [5.74, 6) is -1.93. The first-order valence-electron chi connectivity index (χ1n) is 3.79. The molecule has 1 saturated heterocycles. The summed E-state index contributed by atoms with van der Waals surface area (Å²) in [6, 6.07) is 0. The molecule has 1 aliphatic heterocycles. The smallest absolute Gasteiger partial charge is 0.338 e. The van der Waals surface area contributed by atoms with Gasteiger partial charge in [0, 0.05) is 0 Å². The third-order valence-electron chi connectivity index (χ3n) is 1.53. The highest BCUT2D eigenvalue weighted by molar-refractivity contribution is 5.85. The minimum atomic E-state index is -1.25. The molecule has 0 radical (unpaired) electrons. The summed E-state index contributed by atoms with van der Waals surface area (Å²) in [6.45, 7) is 1.62. The van der Waals surface area contributed by atoms with Gasteiger partial charge < -0.3 is 19.3 Å². The standard InChI is InChI=1S/C7H10O6/c1-2-11-7(10)5-4(6(8)9)12-3-13-5/h4-5H,2-3H2,1H3,(H,8,9). The molecule has 0 amide bonds. The van der Waals surface area contributed by atoms with Gasteiger partial charge in [-0.05, 0) is 6.92 Å². The van der Waals surface area contributed by atoms with E-state index in [0.29, 0.717) is 0 Å². The van der Waals surface area contributed by atoms with Crippen molar-refractivity contribution in [3.05, 3.63) is 0 Å². The van der Waals surface area contributed by atoms with Gasteiger partial charge in [-0.3, -0.25) is 0 Å². The molecule has 0 aromatic heterocycles. The van der Waals surface area contributed by atoms with Crippen LogP contribution >= 0.6 is 0 Å². The summed E-state index contributed by atoms with van der Waals surface area (Å²) in [7, 11) is 0. The Kier molecular flexibility index (Phi) is 3.21. The molecule has 2 atom stereocenters. The molecule has 1 aliphatic rings. The summed E-state index contributed by atoms with van der Waals surface area (Å²) < 4.78 is 14.0. The Morgan fingerprint density at radius 1 is 1.46 bits per heavy atom. The monoisotopic (exact) mass is 190 g/mol. The van der Waals surface area contributed by atoms with E-state index < -0.39 is 24.1 Å². The van der Waals surface area contributed by atoms with Crippen LogP contribution in [0.5, 0.6) is 0 Å². The maximum absolute atomic E-state index is 11.1. The maximum atomic E-state index is 11.1. The van der Waals surface area contributed by atoms with Crippen molar-refractivity contribution in [2.75, 3.05) is 13.4 Å². The second-order valence-corrected chi connectivity index (χ2v) is 2.38. The van der Waals surface area contributed by atoms with Crippen molar-refractivity contribution in [3.8, 4) is 0 Å². The van der Waals surface area contributed by atoms with Crippen LogP contribution in [-0.2, 0) is 23.8 Å². The number of esters is 1. The molecule has 0 aromatic carbocycles.